The molecule has 0 radical (unpaired) electrons. The number of aromatic nitrogens is 1. The molecule has 7 nitrogen and oxygen atoms in total. The fraction of sp³-hybridized carbons (Fsp3) is 0.192. The van der Waals surface area contributed by atoms with Gasteiger partial charge in [-0.05, 0) is 48.0 Å². The van der Waals surface area contributed by atoms with Crippen molar-refractivity contribution in [2.24, 2.45) is 0 Å². The van der Waals surface area contributed by atoms with Crippen LogP contribution in [0.3, 0.4) is 0 Å². The summed E-state index contributed by atoms with van der Waals surface area (Å²) in [5, 5.41) is 10.2. The number of anilines is 1. The lowest BCUT2D eigenvalue weighted by molar-refractivity contribution is 0.0745. The van der Waals surface area contributed by atoms with Gasteiger partial charge >= 0.3 is 0 Å². The molecule has 0 aliphatic carbocycles. The fourth-order valence-corrected chi connectivity index (χ4v) is 3.70. The highest BCUT2D eigenvalue weighted by Crippen LogP contribution is 2.25. The topological polar surface area (TPSA) is 82.6 Å². The van der Waals surface area contributed by atoms with Crippen LogP contribution < -0.4 is 9.64 Å². The molecule has 1 saturated heterocycles. The van der Waals surface area contributed by atoms with Crippen molar-refractivity contribution in [3.05, 3.63) is 88.9 Å². The Hall–Kier alpha value is -4.02. The number of oxazole rings is 1. The van der Waals surface area contributed by atoms with Crippen LogP contribution >= 0.6 is 11.6 Å². The molecule has 172 valence electrons. The first-order chi connectivity index (χ1) is 16.6. The molecule has 0 saturated carbocycles. The molecular formula is C26H23ClN4O3. The van der Waals surface area contributed by atoms with Gasteiger partial charge in [-0.1, -0.05) is 36.4 Å². The predicted octanol–water partition coefficient (Wildman–Crippen LogP) is 4.90. The summed E-state index contributed by atoms with van der Waals surface area (Å²) in [4.78, 5) is 20.9. The van der Waals surface area contributed by atoms with Gasteiger partial charge in [-0.15, -0.1) is 0 Å². The predicted molar refractivity (Wildman–Crippen MR) is 132 cm³/mol. The SMILES string of the molecule is C=CCOc1ccc(C(=O)N2CCN(c3oc(/C=C/c4ccc(Cl)cc4)nc3C#N)CC2)cc1. The molecule has 0 atom stereocenters. The maximum atomic E-state index is 12.9. The number of benzene rings is 2. The molecule has 0 spiro atoms. The van der Waals surface area contributed by atoms with Crippen molar-refractivity contribution >= 4 is 35.5 Å². The highest BCUT2D eigenvalue weighted by atomic mass is 35.5. The number of hydrogen-bond acceptors (Lipinski definition) is 6. The van der Waals surface area contributed by atoms with Crippen molar-refractivity contribution in [3.63, 3.8) is 0 Å². The first-order valence-electron chi connectivity index (χ1n) is 10.8. The van der Waals surface area contributed by atoms with E-state index < -0.39 is 0 Å². The maximum absolute atomic E-state index is 12.9. The molecule has 3 aromatic rings. The number of carbonyl (C=O) groups excluding carboxylic acids is 1. The molecular weight excluding hydrogens is 452 g/mol. The Bertz CT molecular complexity index is 1220. The van der Waals surface area contributed by atoms with Gasteiger partial charge in [0.25, 0.3) is 5.91 Å². The van der Waals surface area contributed by atoms with E-state index in [0.717, 1.165) is 5.56 Å². The van der Waals surface area contributed by atoms with Crippen LogP contribution in [-0.2, 0) is 0 Å². The third-order valence-electron chi connectivity index (χ3n) is 5.34. The Morgan fingerprint density at radius 3 is 2.47 bits per heavy atom. The fourth-order valence-electron chi connectivity index (χ4n) is 3.57. The van der Waals surface area contributed by atoms with Crippen molar-refractivity contribution in [1.29, 1.82) is 5.26 Å². The molecule has 1 aliphatic rings. The minimum atomic E-state index is -0.0421. The third-order valence-corrected chi connectivity index (χ3v) is 5.60. The molecule has 0 unspecified atom stereocenters. The number of ether oxygens (including phenoxy) is 1. The van der Waals surface area contributed by atoms with E-state index >= 15 is 0 Å². The zero-order chi connectivity index (χ0) is 23.9. The number of rotatable bonds is 7. The summed E-state index contributed by atoms with van der Waals surface area (Å²) >= 11 is 5.92. The highest BCUT2D eigenvalue weighted by molar-refractivity contribution is 6.30. The Morgan fingerprint density at radius 1 is 1.12 bits per heavy atom. The minimum absolute atomic E-state index is 0.0421. The number of hydrogen-bond donors (Lipinski definition) is 0. The molecule has 0 bridgehead atoms. The van der Waals surface area contributed by atoms with Crippen LogP contribution in [0.5, 0.6) is 5.75 Å². The second-order valence-electron chi connectivity index (χ2n) is 7.61. The van der Waals surface area contributed by atoms with Crippen LogP contribution in [-0.4, -0.2) is 48.6 Å². The zero-order valence-corrected chi connectivity index (χ0v) is 19.2. The van der Waals surface area contributed by atoms with Crippen LogP contribution in [0.15, 0.2) is 65.6 Å². The van der Waals surface area contributed by atoms with E-state index in [9.17, 15) is 10.1 Å². The number of amides is 1. The summed E-state index contributed by atoms with van der Waals surface area (Å²) in [6.45, 7) is 6.13. The van der Waals surface area contributed by atoms with Crippen molar-refractivity contribution in [1.82, 2.24) is 9.88 Å². The maximum Gasteiger partial charge on any atom is 0.253 e. The average Bonchev–Trinajstić information content (AvgIpc) is 3.30. The van der Waals surface area contributed by atoms with Gasteiger partial charge < -0.3 is 19.0 Å². The zero-order valence-electron chi connectivity index (χ0n) is 18.5. The van der Waals surface area contributed by atoms with E-state index in [0.29, 0.717) is 60.9 Å². The summed E-state index contributed by atoms with van der Waals surface area (Å²) < 4.78 is 11.3. The van der Waals surface area contributed by atoms with Gasteiger partial charge in [0.2, 0.25) is 17.5 Å². The van der Waals surface area contributed by atoms with E-state index in [1.165, 1.54) is 0 Å². The van der Waals surface area contributed by atoms with Gasteiger partial charge in [0.05, 0.1) is 0 Å². The largest absolute Gasteiger partial charge is 0.490 e. The molecule has 1 amide bonds. The molecule has 4 rings (SSSR count). The van der Waals surface area contributed by atoms with Gasteiger partial charge in [0, 0.05) is 42.8 Å². The molecule has 8 heteroatoms. The monoisotopic (exact) mass is 474 g/mol. The summed E-state index contributed by atoms with van der Waals surface area (Å²) in [7, 11) is 0. The van der Waals surface area contributed by atoms with E-state index in [1.54, 1.807) is 53.5 Å². The third kappa shape index (κ3) is 5.48. The van der Waals surface area contributed by atoms with Gasteiger partial charge in [-0.25, -0.2) is 0 Å². The minimum Gasteiger partial charge on any atom is -0.490 e. The lowest BCUT2D eigenvalue weighted by atomic mass is 10.1. The second-order valence-corrected chi connectivity index (χ2v) is 8.04. The normalized spacial score (nSPS) is 13.6. The summed E-state index contributed by atoms with van der Waals surface area (Å²) in [6, 6.07) is 16.5. The highest BCUT2D eigenvalue weighted by Gasteiger charge is 2.26. The number of halogens is 1. The Morgan fingerprint density at radius 2 is 1.82 bits per heavy atom. The van der Waals surface area contributed by atoms with Crippen molar-refractivity contribution < 1.29 is 13.9 Å². The van der Waals surface area contributed by atoms with E-state index in [1.807, 2.05) is 23.1 Å². The molecule has 2 heterocycles. The molecule has 0 N–H and O–H groups in total. The van der Waals surface area contributed by atoms with Crippen LogP contribution in [0.2, 0.25) is 5.02 Å². The van der Waals surface area contributed by atoms with Crippen molar-refractivity contribution in [2.45, 2.75) is 0 Å². The van der Waals surface area contributed by atoms with Gasteiger partial charge in [-0.3, -0.25) is 4.79 Å². The molecule has 1 aliphatic heterocycles. The molecule has 1 fully saturated rings. The summed E-state index contributed by atoms with van der Waals surface area (Å²) in [5.74, 6) is 1.42. The molecule has 1 aromatic heterocycles. The van der Waals surface area contributed by atoms with E-state index in [4.69, 9.17) is 20.8 Å². The second kappa shape index (κ2) is 10.7. The quantitative estimate of drug-likeness (QED) is 0.453. The van der Waals surface area contributed by atoms with Crippen LogP contribution in [0, 0.1) is 11.3 Å². The summed E-state index contributed by atoms with van der Waals surface area (Å²) in [6.07, 6.45) is 5.23. The number of piperazine rings is 1. The summed E-state index contributed by atoms with van der Waals surface area (Å²) in [5.41, 5.74) is 1.77. The van der Waals surface area contributed by atoms with E-state index in [2.05, 4.69) is 17.6 Å². The first-order valence-corrected chi connectivity index (χ1v) is 11.2. The van der Waals surface area contributed by atoms with Crippen LogP contribution in [0.25, 0.3) is 12.2 Å². The van der Waals surface area contributed by atoms with Gasteiger partial charge in [0.15, 0.2) is 0 Å². The molecule has 34 heavy (non-hydrogen) atoms. The van der Waals surface area contributed by atoms with Gasteiger partial charge in [-0.2, -0.15) is 10.2 Å². The first kappa shape index (κ1) is 23.1. The van der Waals surface area contributed by atoms with Gasteiger partial charge in [0.1, 0.15) is 18.4 Å². The average molecular weight is 475 g/mol. The lowest BCUT2D eigenvalue weighted by Gasteiger charge is -2.34. The van der Waals surface area contributed by atoms with Crippen LogP contribution in [0.1, 0.15) is 27.5 Å². The van der Waals surface area contributed by atoms with Crippen molar-refractivity contribution in [3.8, 4) is 11.8 Å². The Kier molecular flexibility index (Phi) is 7.31. The molecule has 2 aromatic carbocycles. The van der Waals surface area contributed by atoms with E-state index in [-0.39, 0.29) is 11.6 Å². The van der Waals surface area contributed by atoms with Crippen molar-refractivity contribution in [2.75, 3.05) is 37.7 Å². The Labute approximate surface area is 203 Å². The standard InChI is InChI=1S/C26H23ClN4O3/c1-2-17-33-22-10-6-20(7-11-22)25(32)30-13-15-31(16-14-30)26-23(18-28)29-24(34-26)12-5-19-3-8-21(27)9-4-19/h2-12H,1,13-17H2/b12-5+. The number of nitrogens with zero attached hydrogens (tertiary/aromatic N) is 4. The number of nitriles is 1. The Balaban J connectivity index is 1.38. The smallest absolute Gasteiger partial charge is 0.253 e. The van der Waals surface area contributed by atoms with Crippen LogP contribution in [0.4, 0.5) is 5.88 Å². The lowest BCUT2D eigenvalue weighted by Crippen LogP contribution is -2.48. The number of carbonyl (C=O) groups is 1.